The SMILES string of the molecule is Cn1cc(CCC2CCC(O)C2)cn1. The van der Waals surface area contributed by atoms with Crippen LogP contribution >= 0.6 is 0 Å². The van der Waals surface area contributed by atoms with E-state index in [1.165, 1.54) is 18.4 Å². The summed E-state index contributed by atoms with van der Waals surface area (Å²) in [6.07, 6.45) is 9.47. The minimum atomic E-state index is -0.0334. The van der Waals surface area contributed by atoms with Gasteiger partial charge in [0.2, 0.25) is 0 Å². The first-order chi connectivity index (χ1) is 6.74. The highest BCUT2D eigenvalue weighted by atomic mass is 16.3. The molecule has 1 fully saturated rings. The molecule has 0 radical (unpaired) electrons. The van der Waals surface area contributed by atoms with E-state index in [0.717, 1.165) is 25.2 Å². The molecule has 0 aliphatic heterocycles. The molecule has 3 heteroatoms. The Kier molecular flexibility index (Phi) is 2.87. The zero-order valence-electron chi connectivity index (χ0n) is 8.69. The van der Waals surface area contributed by atoms with Gasteiger partial charge in [0.25, 0.3) is 0 Å². The third-order valence-electron chi connectivity index (χ3n) is 3.11. The van der Waals surface area contributed by atoms with E-state index in [9.17, 15) is 5.11 Å². The lowest BCUT2D eigenvalue weighted by atomic mass is 10.00. The first kappa shape index (κ1) is 9.71. The second kappa shape index (κ2) is 4.13. The van der Waals surface area contributed by atoms with E-state index >= 15 is 0 Å². The van der Waals surface area contributed by atoms with Gasteiger partial charge in [-0.1, -0.05) is 0 Å². The average molecular weight is 194 g/mol. The van der Waals surface area contributed by atoms with Crippen molar-refractivity contribution < 1.29 is 5.11 Å². The molecule has 78 valence electrons. The van der Waals surface area contributed by atoms with Crippen molar-refractivity contribution in [3.05, 3.63) is 18.0 Å². The first-order valence-electron chi connectivity index (χ1n) is 5.39. The molecular formula is C11H18N2O. The summed E-state index contributed by atoms with van der Waals surface area (Å²) in [5.74, 6) is 0.727. The number of aromatic nitrogens is 2. The fraction of sp³-hybridized carbons (Fsp3) is 0.727. The minimum Gasteiger partial charge on any atom is -0.393 e. The van der Waals surface area contributed by atoms with Gasteiger partial charge in [0, 0.05) is 13.2 Å². The van der Waals surface area contributed by atoms with E-state index in [2.05, 4.69) is 11.3 Å². The Balaban J connectivity index is 1.77. The fourth-order valence-corrected chi connectivity index (χ4v) is 2.28. The molecule has 0 aromatic carbocycles. The Bertz CT molecular complexity index is 295. The molecule has 1 aliphatic rings. The van der Waals surface area contributed by atoms with Gasteiger partial charge in [-0.2, -0.15) is 5.10 Å². The van der Waals surface area contributed by atoms with Gasteiger partial charge in [-0.3, -0.25) is 4.68 Å². The Morgan fingerprint density at radius 3 is 3.00 bits per heavy atom. The summed E-state index contributed by atoms with van der Waals surface area (Å²) in [7, 11) is 1.95. The number of hydrogen-bond donors (Lipinski definition) is 1. The Morgan fingerprint density at radius 1 is 1.57 bits per heavy atom. The van der Waals surface area contributed by atoms with Crippen LogP contribution in [0, 0.1) is 5.92 Å². The summed E-state index contributed by atoms with van der Waals surface area (Å²) in [4.78, 5) is 0. The number of hydrogen-bond acceptors (Lipinski definition) is 2. The van der Waals surface area contributed by atoms with Gasteiger partial charge >= 0.3 is 0 Å². The second-order valence-corrected chi connectivity index (χ2v) is 4.39. The average Bonchev–Trinajstić information content (AvgIpc) is 2.72. The summed E-state index contributed by atoms with van der Waals surface area (Å²) >= 11 is 0. The Labute approximate surface area is 84.7 Å². The molecule has 0 saturated heterocycles. The second-order valence-electron chi connectivity index (χ2n) is 4.39. The van der Waals surface area contributed by atoms with Crippen LogP contribution in [0.15, 0.2) is 12.4 Å². The zero-order valence-corrected chi connectivity index (χ0v) is 8.69. The number of aliphatic hydroxyl groups excluding tert-OH is 1. The lowest BCUT2D eigenvalue weighted by Gasteiger charge is -2.06. The summed E-state index contributed by atoms with van der Waals surface area (Å²) in [6.45, 7) is 0. The maximum absolute atomic E-state index is 9.38. The predicted octanol–water partition coefficient (Wildman–Crippen LogP) is 1.51. The van der Waals surface area contributed by atoms with Gasteiger partial charge < -0.3 is 5.11 Å². The van der Waals surface area contributed by atoms with E-state index in [0.29, 0.717) is 0 Å². The van der Waals surface area contributed by atoms with Gasteiger partial charge in [0.1, 0.15) is 0 Å². The monoisotopic (exact) mass is 194 g/mol. The molecule has 0 amide bonds. The lowest BCUT2D eigenvalue weighted by Crippen LogP contribution is -2.01. The number of aryl methyl sites for hydroxylation is 2. The van der Waals surface area contributed by atoms with Crippen LogP contribution < -0.4 is 0 Å². The Hall–Kier alpha value is -0.830. The zero-order chi connectivity index (χ0) is 9.97. The van der Waals surface area contributed by atoms with Crippen LogP contribution in [0.1, 0.15) is 31.2 Å². The van der Waals surface area contributed by atoms with Crippen LogP contribution in [0.2, 0.25) is 0 Å². The topological polar surface area (TPSA) is 38.0 Å². The molecule has 2 atom stereocenters. The van der Waals surface area contributed by atoms with Crippen molar-refractivity contribution in [1.82, 2.24) is 9.78 Å². The minimum absolute atomic E-state index is 0.0334. The third-order valence-corrected chi connectivity index (χ3v) is 3.11. The van der Waals surface area contributed by atoms with Crippen LogP contribution in [0.3, 0.4) is 0 Å². The van der Waals surface area contributed by atoms with Crippen molar-refractivity contribution in [3.63, 3.8) is 0 Å². The van der Waals surface area contributed by atoms with Crippen LogP contribution in [0.4, 0.5) is 0 Å². The standard InChI is InChI=1S/C11H18N2O/c1-13-8-10(7-12-13)3-2-9-4-5-11(14)6-9/h7-9,11,14H,2-6H2,1H3. The quantitative estimate of drug-likeness (QED) is 0.792. The molecule has 1 aliphatic carbocycles. The molecule has 1 heterocycles. The smallest absolute Gasteiger partial charge is 0.0543 e. The molecule has 0 bridgehead atoms. The molecule has 0 spiro atoms. The molecular weight excluding hydrogens is 176 g/mol. The highest BCUT2D eigenvalue weighted by molar-refractivity contribution is 5.03. The van der Waals surface area contributed by atoms with E-state index in [1.807, 2.05) is 17.9 Å². The molecule has 14 heavy (non-hydrogen) atoms. The van der Waals surface area contributed by atoms with Crippen LogP contribution in [0.5, 0.6) is 0 Å². The summed E-state index contributed by atoms with van der Waals surface area (Å²) in [6, 6.07) is 0. The molecule has 1 aromatic heterocycles. The van der Waals surface area contributed by atoms with E-state index in [4.69, 9.17) is 0 Å². The van der Waals surface area contributed by atoms with Crippen molar-refractivity contribution >= 4 is 0 Å². The molecule has 2 unspecified atom stereocenters. The van der Waals surface area contributed by atoms with Crippen LogP contribution in [0.25, 0.3) is 0 Å². The van der Waals surface area contributed by atoms with Crippen molar-refractivity contribution in [2.45, 2.75) is 38.2 Å². The first-order valence-corrected chi connectivity index (χ1v) is 5.39. The molecule has 1 saturated carbocycles. The number of aliphatic hydroxyl groups is 1. The van der Waals surface area contributed by atoms with Crippen molar-refractivity contribution in [3.8, 4) is 0 Å². The maximum atomic E-state index is 9.38. The largest absolute Gasteiger partial charge is 0.393 e. The number of nitrogens with zero attached hydrogens (tertiary/aromatic N) is 2. The maximum Gasteiger partial charge on any atom is 0.0543 e. The van der Waals surface area contributed by atoms with Gasteiger partial charge in [-0.05, 0) is 43.6 Å². The highest BCUT2D eigenvalue weighted by Crippen LogP contribution is 2.29. The van der Waals surface area contributed by atoms with Crippen LogP contribution in [-0.2, 0) is 13.5 Å². The van der Waals surface area contributed by atoms with Crippen molar-refractivity contribution in [2.75, 3.05) is 0 Å². The summed E-state index contributed by atoms with van der Waals surface area (Å²) < 4.78 is 1.85. The van der Waals surface area contributed by atoms with E-state index in [1.54, 1.807) is 0 Å². The van der Waals surface area contributed by atoms with E-state index < -0.39 is 0 Å². The third kappa shape index (κ3) is 2.35. The van der Waals surface area contributed by atoms with Crippen LogP contribution in [-0.4, -0.2) is 21.0 Å². The Morgan fingerprint density at radius 2 is 2.43 bits per heavy atom. The summed E-state index contributed by atoms with van der Waals surface area (Å²) in [5, 5.41) is 13.5. The molecule has 1 aromatic rings. The lowest BCUT2D eigenvalue weighted by molar-refractivity contribution is 0.177. The highest BCUT2D eigenvalue weighted by Gasteiger charge is 2.22. The molecule has 1 N–H and O–H groups in total. The van der Waals surface area contributed by atoms with Crippen molar-refractivity contribution in [2.24, 2.45) is 13.0 Å². The van der Waals surface area contributed by atoms with Gasteiger partial charge in [-0.15, -0.1) is 0 Å². The normalized spacial score (nSPS) is 27.0. The van der Waals surface area contributed by atoms with Crippen molar-refractivity contribution in [1.29, 1.82) is 0 Å². The fourth-order valence-electron chi connectivity index (χ4n) is 2.28. The van der Waals surface area contributed by atoms with Gasteiger partial charge in [0.05, 0.1) is 12.3 Å². The predicted molar refractivity (Wildman–Crippen MR) is 54.9 cm³/mol. The van der Waals surface area contributed by atoms with E-state index in [-0.39, 0.29) is 6.10 Å². The molecule has 3 nitrogen and oxygen atoms in total. The van der Waals surface area contributed by atoms with Gasteiger partial charge in [-0.25, -0.2) is 0 Å². The number of rotatable bonds is 3. The summed E-state index contributed by atoms with van der Waals surface area (Å²) in [5.41, 5.74) is 1.31. The van der Waals surface area contributed by atoms with Gasteiger partial charge in [0.15, 0.2) is 0 Å². The molecule has 2 rings (SSSR count).